The van der Waals surface area contributed by atoms with Crippen molar-refractivity contribution in [3.8, 4) is 11.8 Å². The van der Waals surface area contributed by atoms with Crippen molar-refractivity contribution in [2.75, 3.05) is 18.5 Å². The first-order chi connectivity index (χ1) is 19.5. The molecule has 1 aliphatic rings. The lowest BCUT2D eigenvalue weighted by Gasteiger charge is -2.40. The molecule has 220 valence electrons. The lowest BCUT2D eigenvalue weighted by molar-refractivity contribution is -0.254. The van der Waals surface area contributed by atoms with Gasteiger partial charge < -0.3 is 40.9 Å². The van der Waals surface area contributed by atoms with Crippen molar-refractivity contribution in [2.45, 2.75) is 49.7 Å². The van der Waals surface area contributed by atoms with Crippen LogP contribution in [-0.2, 0) is 14.3 Å². The first-order valence-electron chi connectivity index (χ1n) is 12.5. The van der Waals surface area contributed by atoms with Crippen molar-refractivity contribution in [3.63, 3.8) is 0 Å². The van der Waals surface area contributed by atoms with Crippen molar-refractivity contribution < 1.29 is 49.9 Å². The number of aliphatic hydroxyl groups excluding tert-OH is 5. The molecule has 41 heavy (non-hydrogen) atoms. The van der Waals surface area contributed by atoms with Crippen LogP contribution in [0.15, 0.2) is 48.5 Å². The molecule has 0 bridgehead atoms. The van der Waals surface area contributed by atoms with E-state index in [4.69, 9.17) is 15.1 Å². The number of benzene rings is 2. The van der Waals surface area contributed by atoms with E-state index in [0.717, 1.165) is 0 Å². The van der Waals surface area contributed by atoms with Crippen molar-refractivity contribution in [3.05, 3.63) is 65.2 Å². The Morgan fingerprint density at radius 1 is 0.951 bits per heavy atom. The summed E-state index contributed by atoms with van der Waals surface area (Å²) in [6.45, 7) is 0.404. The number of rotatable bonds is 9. The Balaban J connectivity index is 1.52. The van der Waals surface area contributed by atoms with E-state index < -0.39 is 67.1 Å². The normalized spacial score (nSPS) is 23.3. The van der Waals surface area contributed by atoms with Crippen molar-refractivity contribution in [2.24, 2.45) is 0 Å². The molecule has 0 aliphatic carbocycles. The number of ether oxygens (including phenoxy) is 1. The monoisotopic (exact) mass is 572 g/mol. The Hall–Kier alpha value is -3.91. The van der Waals surface area contributed by atoms with Crippen LogP contribution in [0, 0.1) is 11.8 Å². The second-order valence-corrected chi connectivity index (χ2v) is 9.26. The minimum Gasteiger partial charge on any atom is -0.394 e. The van der Waals surface area contributed by atoms with Gasteiger partial charge >= 0.3 is 0 Å². The molecule has 1 saturated heterocycles. The van der Waals surface area contributed by atoms with Gasteiger partial charge in [0.25, 0.3) is 11.8 Å². The summed E-state index contributed by atoms with van der Waals surface area (Å²) in [7, 11) is 0. The predicted octanol–water partition coefficient (Wildman–Crippen LogP) is -2.60. The average Bonchev–Trinajstić information content (AvgIpc) is 2.96. The van der Waals surface area contributed by atoms with E-state index in [0.29, 0.717) is 16.8 Å². The van der Waals surface area contributed by atoms with Crippen LogP contribution in [0.2, 0.25) is 0 Å². The Morgan fingerprint density at radius 2 is 1.54 bits per heavy atom. The molecular formula is C27H32N4O10. The van der Waals surface area contributed by atoms with Gasteiger partial charge in [-0.05, 0) is 55.5 Å². The summed E-state index contributed by atoms with van der Waals surface area (Å²) in [5.74, 6) is 3.83. The summed E-state index contributed by atoms with van der Waals surface area (Å²) >= 11 is 0. The topological polar surface area (TPSA) is 230 Å². The molecule has 0 aromatic heterocycles. The fourth-order valence-corrected chi connectivity index (χ4v) is 3.92. The number of hydroxylamine groups is 1. The van der Waals surface area contributed by atoms with Crippen LogP contribution in [0.1, 0.15) is 28.4 Å². The Morgan fingerprint density at radius 3 is 2.07 bits per heavy atom. The highest BCUT2D eigenvalue weighted by atomic mass is 16.6. The largest absolute Gasteiger partial charge is 0.394 e. The zero-order valence-corrected chi connectivity index (χ0v) is 21.9. The van der Waals surface area contributed by atoms with E-state index in [2.05, 4.69) is 27.8 Å². The van der Waals surface area contributed by atoms with Gasteiger partial charge in [-0.2, -0.15) is 0 Å². The van der Waals surface area contributed by atoms with E-state index in [1.807, 2.05) is 0 Å². The third-order valence-electron chi connectivity index (χ3n) is 6.23. The van der Waals surface area contributed by atoms with Crippen LogP contribution >= 0.6 is 0 Å². The molecule has 2 unspecified atom stereocenters. The van der Waals surface area contributed by atoms with Crippen molar-refractivity contribution >= 4 is 23.4 Å². The SMILES string of the molecule is C[C@@H](O)[C@H](NC(=O)c1ccc(C#Cc2ccc(NC(=O)CN[C@H]3C(O)O[C@H](CO)C(O)[C@@H]3O)cc2)cc1)C(=O)NO. The summed E-state index contributed by atoms with van der Waals surface area (Å²) in [5.41, 5.74) is 3.30. The average molecular weight is 573 g/mol. The maximum Gasteiger partial charge on any atom is 0.268 e. The van der Waals surface area contributed by atoms with Crippen molar-refractivity contribution in [1.82, 2.24) is 16.1 Å². The predicted molar refractivity (Wildman–Crippen MR) is 142 cm³/mol. The fourth-order valence-electron chi connectivity index (χ4n) is 3.92. The first-order valence-corrected chi connectivity index (χ1v) is 12.5. The highest BCUT2D eigenvalue weighted by Gasteiger charge is 2.43. The van der Waals surface area contributed by atoms with Crippen LogP contribution in [0.25, 0.3) is 0 Å². The lowest BCUT2D eigenvalue weighted by atomic mass is 9.97. The summed E-state index contributed by atoms with van der Waals surface area (Å²) in [6, 6.07) is 10.3. The zero-order valence-electron chi connectivity index (χ0n) is 21.9. The minimum absolute atomic E-state index is 0.215. The van der Waals surface area contributed by atoms with E-state index >= 15 is 0 Å². The maximum absolute atomic E-state index is 12.4. The number of carbonyl (C=O) groups is 3. The maximum atomic E-state index is 12.4. The van der Waals surface area contributed by atoms with E-state index in [1.54, 1.807) is 36.4 Å². The van der Waals surface area contributed by atoms with Crippen molar-refractivity contribution in [1.29, 1.82) is 0 Å². The van der Waals surface area contributed by atoms with Crippen LogP contribution in [0.5, 0.6) is 0 Å². The second-order valence-electron chi connectivity index (χ2n) is 9.26. The molecule has 2 aromatic carbocycles. The molecule has 14 nitrogen and oxygen atoms in total. The smallest absolute Gasteiger partial charge is 0.268 e. The van der Waals surface area contributed by atoms with Gasteiger partial charge in [0, 0.05) is 22.4 Å². The summed E-state index contributed by atoms with van der Waals surface area (Å²) in [6.07, 6.45) is -6.81. The van der Waals surface area contributed by atoms with Gasteiger partial charge in [-0.15, -0.1) is 0 Å². The number of hydrogen-bond acceptors (Lipinski definition) is 11. The molecular weight excluding hydrogens is 540 g/mol. The van der Waals surface area contributed by atoms with Crippen LogP contribution in [0.4, 0.5) is 5.69 Å². The van der Waals surface area contributed by atoms with Gasteiger partial charge in [0.15, 0.2) is 6.29 Å². The lowest BCUT2D eigenvalue weighted by Crippen LogP contribution is -2.63. The van der Waals surface area contributed by atoms with Crippen LogP contribution < -0.4 is 21.4 Å². The third kappa shape index (κ3) is 8.54. The molecule has 7 atom stereocenters. The molecule has 3 amide bonds. The minimum atomic E-state index is -1.54. The number of nitrogens with one attached hydrogen (secondary N) is 4. The zero-order chi connectivity index (χ0) is 30.1. The molecule has 1 aliphatic heterocycles. The van der Waals surface area contributed by atoms with E-state index in [1.165, 1.54) is 24.5 Å². The quantitative estimate of drug-likeness (QED) is 0.0851. The third-order valence-corrected chi connectivity index (χ3v) is 6.23. The molecule has 14 heteroatoms. The number of hydrogen-bond donors (Lipinski definition) is 10. The van der Waals surface area contributed by atoms with Gasteiger partial charge in [0.2, 0.25) is 5.91 Å². The van der Waals surface area contributed by atoms with Gasteiger partial charge in [0.05, 0.1) is 25.3 Å². The first kappa shape index (κ1) is 31.6. The molecule has 2 aromatic rings. The Labute approximate surface area is 234 Å². The van der Waals surface area contributed by atoms with Gasteiger partial charge in [-0.1, -0.05) is 11.8 Å². The summed E-state index contributed by atoms with van der Waals surface area (Å²) in [5, 5.41) is 65.2. The van der Waals surface area contributed by atoms with Gasteiger partial charge in [-0.3, -0.25) is 24.9 Å². The molecule has 3 rings (SSSR count). The summed E-state index contributed by atoms with van der Waals surface area (Å²) < 4.78 is 5.04. The standard InChI is InChI=1S/C27H32N4O10/c1-14(33)21(26(38)31-40)30-25(37)17-8-4-15(5-9-17)2-3-16-6-10-18(11-7-16)29-20(34)12-28-22-24(36)23(35)19(13-32)41-27(22)39/h4-11,14,19,21-24,27-28,32-33,35-36,39-40H,12-13H2,1H3,(H,29,34)(H,30,37)(H,31,38)/t14-,19-,21+,22-,23?,24-,27?/m1/s1. The highest BCUT2D eigenvalue weighted by Crippen LogP contribution is 2.19. The Bertz CT molecular complexity index is 1260. The number of carbonyl (C=O) groups excluding carboxylic acids is 3. The van der Waals surface area contributed by atoms with E-state index in [-0.39, 0.29) is 12.1 Å². The van der Waals surface area contributed by atoms with E-state index in [9.17, 15) is 34.8 Å². The number of anilines is 1. The number of amides is 3. The van der Waals surface area contributed by atoms with Crippen LogP contribution in [-0.4, -0.2) is 104 Å². The fraction of sp³-hybridized carbons (Fsp3) is 0.370. The Kier molecular flexibility index (Phi) is 11.3. The van der Waals surface area contributed by atoms with Gasteiger partial charge in [-0.25, -0.2) is 5.48 Å². The second kappa shape index (κ2) is 14.6. The molecule has 10 N–H and O–H groups in total. The molecule has 0 spiro atoms. The van der Waals surface area contributed by atoms with Crippen LogP contribution in [0.3, 0.4) is 0 Å². The molecule has 0 radical (unpaired) electrons. The highest BCUT2D eigenvalue weighted by molar-refractivity contribution is 5.97. The molecule has 1 fully saturated rings. The molecule has 1 heterocycles. The molecule has 0 saturated carbocycles. The summed E-state index contributed by atoms with van der Waals surface area (Å²) in [4.78, 5) is 36.3. The van der Waals surface area contributed by atoms with Gasteiger partial charge in [0.1, 0.15) is 24.4 Å². The number of aliphatic hydroxyl groups is 5.